The van der Waals surface area contributed by atoms with Crippen LogP contribution in [0.3, 0.4) is 0 Å². The van der Waals surface area contributed by atoms with Crippen LogP contribution < -0.4 is 4.74 Å². The second kappa shape index (κ2) is 5.54. The Balaban J connectivity index is 1.63. The van der Waals surface area contributed by atoms with E-state index in [2.05, 4.69) is 31.2 Å². The van der Waals surface area contributed by atoms with E-state index < -0.39 is 11.0 Å². The molecule has 0 radical (unpaired) electrons. The summed E-state index contributed by atoms with van der Waals surface area (Å²) in [6, 6.07) is 8.23. The first-order valence-corrected chi connectivity index (χ1v) is 10.9. The van der Waals surface area contributed by atoms with Gasteiger partial charge in [-0.05, 0) is 54.2 Å². The maximum Gasteiger partial charge on any atom is 0.331 e. The Morgan fingerprint density at radius 1 is 0.967 bits per heavy atom. The van der Waals surface area contributed by atoms with Gasteiger partial charge in [0.05, 0.1) is 7.11 Å². The van der Waals surface area contributed by atoms with Gasteiger partial charge < -0.3 is 9.47 Å². The minimum absolute atomic E-state index is 0.0809. The molecule has 0 amide bonds. The summed E-state index contributed by atoms with van der Waals surface area (Å²) in [4.78, 5) is 25.8. The molecule has 4 nitrogen and oxygen atoms in total. The topological polar surface area (TPSA) is 52.6 Å². The third-order valence-electron chi connectivity index (χ3n) is 9.11. The molecule has 2 bridgehead atoms. The molecule has 5 aliphatic rings. The number of carbonyl (C=O) groups excluding carboxylic acids is 2. The summed E-state index contributed by atoms with van der Waals surface area (Å²) in [5.41, 5.74) is -0.370. The standard InChI is InChI=1S/C26H26O4/c1-23-11-3-4-12-24(23)15-16-26(23,17-5-7-18(29-2)8-6-17)21-19(27)9-13-25(22(21)24)14-10-20(28)30-25/h5-10,13-16,21-22H,3-4,11-12H2,1-2H3/t21-,22+,23+,24+,25-,26+/m1/s1. The Bertz CT molecular complexity index is 1050. The van der Waals surface area contributed by atoms with Crippen molar-refractivity contribution in [2.45, 2.75) is 43.6 Å². The molecule has 6 atom stereocenters. The van der Waals surface area contributed by atoms with Crippen LogP contribution in [-0.4, -0.2) is 24.5 Å². The average molecular weight is 402 g/mol. The van der Waals surface area contributed by atoms with Crippen LogP contribution >= 0.6 is 0 Å². The Labute approximate surface area is 176 Å². The van der Waals surface area contributed by atoms with Gasteiger partial charge in [-0.3, -0.25) is 4.79 Å². The molecule has 4 aliphatic carbocycles. The van der Waals surface area contributed by atoms with Crippen LogP contribution in [0, 0.1) is 22.7 Å². The van der Waals surface area contributed by atoms with Gasteiger partial charge in [-0.25, -0.2) is 4.79 Å². The van der Waals surface area contributed by atoms with Crippen LogP contribution in [0.2, 0.25) is 0 Å². The molecular formula is C26H26O4. The van der Waals surface area contributed by atoms with E-state index in [9.17, 15) is 9.59 Å². The number of ketones is 1. The van der Waals surface area contributed by atoms with Crippen molar-refractivity contribution < 1.29 is 19.1 Å². The van der Waals surface area contributed by atoms with Crippen molar-refractivity contribution in [2.24, 2.45) is 22.7 Å². The predicted molar refractivity (Wildman–Crippen MR) is 112 cm³/mol. The first kappa shape index (κ1) is 18.2. The van der Waals surface area contributed by atoms with E-state index in [-0.39, 0.29) is 34.4 Å². The van der Waals surface area contributed by atoms with Crippen LogP contribution in [0.15, 0.2) is 60.7 Å². The largest absolute Gasteiger partial charge is 0.497 e. The SMILES string of the molecule is COc1ccc([C@]23C=C[C@@]4(CCCC[C@]24C)[C@@H]2[C@H]3C(=O)C=C[C@@]23C=CC(=O)O3)cc1. The molecule has 30 heavy (non-hydrogen) atoms. The van der Waals surface area contributed by atoms with Crippen LogP contribution in [-0.2, 0) is 19.7 Å². The summed E-state index contributed by atoms with van der Waals surface area (Å²) in [5, 5.41) is 0. The molecule has 1 heterocycles. The molecule has 0 N–H and O–H groups in total. The van der Waals surface area contributed by atoms with Gasteiger partial charge >= 0.3 is 5.97 Å². The number of hydrogen-bond donors (Lipinski definition) is 0. The lowest BCUT2D eigenvalue weighted by atomic mass is 9.52. The van der Waals surface area contributed by atoms with E-state index in [1.54, 1.807) is 13.2 Å². The number of allylic oxidation sites excluding steroid dienone is 3. The maximum atomic E-state index is 13.6. The molecule has 154 valence electrons. The zero-order chi connectivity index (χ0) is 20.8. The van der Waals surface area contributed by atoms with Crippen LogP contribution in [0.5, 0.6) is 5.75 Å². The van der Waals surface area contributed by atoms with Crippen molar-refractivity contribution in [2.75, 3.05) is 7.11 Å². The third kappa shape index (κ3) is 1.77. The van der Waals surface area contributed by atoms with Crippen molar-refractivity contribution in [1.29, 1.82) is 0 Å². The Kier molecular flexibility index (Phi) is 3.36. The van der Waals surface area contributed by atoms with E-state index in [0.29, 0.717) is 0 Å². The van der Waals surface area contributed by atoms with E-state index in [4.69, 9.17) is 9.47 Å². The Morgan fingerprint density at radius 2 is 1.70 bits per heavy atom. The van der Waals surface area contributed by atoms with E-state index >= 15 is 0 Å². The van der Waals surface area contributed by atoms with Gasteiger partial charge in [0.15, 0.2) is 11.4 Å². The number of carbonyl (C=O) groups is 2. The average Bonchev–Trinajstić information content (AvgIpc) is 3.33. The Morgan fingerprint density at radius 3 is 2.40 bits per heavy atom. The van der Waals surface area contributed by atoms with E-state index in [1.165, 1.54) is 6.08 Å². The molecule has 1 aliphatic heterocycles. The fourth-order valence-corrected chi connectivity index (χ4v) is 7.97. The first-order valence-electron chi connectivity index (χ1n) is 10.9. The van der Waals surface area contributed by atoms with Crippen LogP contribution in [0.1, 0.15) is 38.2 Å². The number of ether oxygens (including phenoxy) is 2. The Hall–Kier alpha value is -2.62. The van der Waals surface area contributed by atoms with E-state index in [0.717, 1.165) is 37.0 Å². The number of esters is 1. The molecule has 1 aromatic rings. The van der Waals surface area contributed by atoms with Gasteiger partial charge in [-0.15, -0.1) is 0 Å². The molecule has 6 rings (SSSR count). The number of fused-ring (bicyclic) bond motifs is 3. The highest BCUT2D eigenvalue weighted by Gasteiger charge is 2.80. The molecule has 0 saturated heterocycles. The molecule has 2 saturated carbocycles. The normalized spacial score (nSPS) is 45.0. The predicted octanol–water partition coefficient (Wildman–Crippen LogP) is 4.31. The number of hydrogen-bond acceptors (Lipinski definition) is 4. The van der Waals surface area contributed by atoms with Crippen molar-refractivity contribution in [1.82, 2.24) is 0 Å². The molecule has 4 heteroatoms. The molecule has 0 unspecified atom stereocenters. The van der Waals surface area contributed by atoms with Crippen molar-refractivity contribution in [3.8, 4) is 5.75 Å². The maximum absolute atomic E-state index is 13.6. The summed E-state index contributed by atoms with van der Waals surface area (Å²) in [5.74, 6) is 0.317. The summed E-state index contributed by atoms with van der Waals surface area (Å²) in [6.07, 6.45) is 16.0. The second-order valence-electron chi connectivity index (χ2n) is 9.81. The van der Waals surface area contributed by atoms with Gasteiger partial charge in [-0.1, -0.05) is 44.1 Å². The van der Waals surface area contributed by atoms with Gasteiger partial charge in [0.25, 0.3) is 0 Å². The highest BCUT2D eigenvalue weighted by Crippen LogP contribution is 2.80. The van der Waals surface area contributed by atoms with Gasteiger partial charge in [0.1, 0.15) is 5.75 Å². The summed E-state index contributed by atoms with van der Waals surface area (Å²) < 4.78 is 11.4. The van der Waals surface area contributed by atoms with Crippen molar-refractivity contribution in [3.05, 3.63) is 66.3 Å². The monoisotopic (exact) mass is 402 g/mol. The van der Waals surface area contributed by atoms with Crippen molar-refractivity contribution >= 4 is 11.8 Å². The first-order chi connectivity index (χ1) is 14.4. The van der Waals surface area contributed by atoms with Gasteiger partial charge in [0.2, 0.25) is 0 Å². The quantitative estimate of drug-likeness (QED) is 0.547. The number of methoxy groups -OCH3 is 1. The molecule has 1 spiro atoms. The smallest absolute Gasteiger partial charge is 0.331 e. The summed E-state index contributed by atoms with van der Waals surface area (Å²) >= 11 is 0. The zero-order valence-corrected chi connectivity index (χ0v) is 17.4. The molecule has 0 aromatic heterocycles. The molecular weight excluding hydrogens is 376 g/mol. The minimum Gasteiger partial charge on any atom is -0.497 e. The minimum atomic E-state index is -0.826. The van der Waals surface area contributed by atoms with Gasteiger partial charge in [-0.2, -0.15) is 0 Å². The van der Waals surface area contributed by atoms with E-state index in [1.807, 2.05) is 24.3 Å². The second-order valence-corrected chi connectivity index (χ2v) is 9.81. The number of rotatable bonds is 2. The van der Waals surface area contributed by atoms with Crippen LogP contribution in [0.25, 0.3) is 0 Å². The summed E-state index contributed by atoms with van der Waals surface area (Å²) in [7, 11) is 1.67. The lowest BCUT2D eigenvalue weighted by Gasteiger charge is -2.52. The fraction of sp³-hybridized carbons (Fsp3) is 0.462. The lowest BCUT2D eigenvalue weighted by molar-refractivity contribution is -0.154. The highest BCUT2D eigenvalue weighted by atomic mass is 16.6. The van der Waals surface area contributed by atoms with Crippen molar-refractivity contribution in [3.63, 3.8) is 0 Å². The lowest BCUT2D eigenvalue weighted by Crippen LogP contribution is -2.53. The zero-order valence-electron chi connectivity index (χ0n) is 17.4. The third-order valence-corrected chi connectivity index (χ3v) is 9.11. The molecule has 2 fully saturated rings. The van der Waals surface area contributed by atoms with Crippen LogP contribution in [0.4, 0.5) is 0 Å². The summed E-state index contributed by atoms with van der Waals surface area (Å²) in [6.45, 7) is 2.37. The molecule has 1 aromatic carbocycles. The fourth-order valence-electron chi connectivity index (χ4n) is 7.97. The number of benzene rings is 1. The highest BCUT2D eigenvalue weighted by molar-refractivity contribution is 5.98. The van der Waals surface area contributed by atoms with Gasteiger partial charge in [0, 0.05) is 28.7 Å².